The van der Waals surface area contributed by atoms with Gasteiger partial charge in [-0.3, -0.25) is 4.79 Å². The van der Waals surface area contributed by atoms with Gasteiger partial charge in [0.15, 0.2) is 6.61 Å². The van der Waals surface area contributed by atoms with Crippen LogP contribution in [0, 0.1) is 0 Å². The number of esters is 1. The molecule has 0 radical (unpaired) electrons. The Morgan fingerprint density at radius 1 is 0.893 bits per heavy atom. The van der Waals surface area contributed by atoms with E-state index in [4.69, 9.17) is 4.74 Å². The number of carbonyl (C=O) groups is 2. The van der Waals surface area contributed by atoms with E-state index in [9.17, 15) is 9.59 Å². The summed E-state index contributed by atoms with van der Waals surface area (Å²) in [5.74, 6) is -0.874. The Hall–Kier alpha value is -2.14. The Labute approximate surface area is 175 Å². The lowest BCUT2D eigenvalue weighted by atomic mass is 9.79. The molecule has 4 nitrogen and oxygen atoms in total. The fourth-order valence-electron chi connectivity index (χ4n) is 2.56. The van der Waals surface area contributed by atoms with Crippen molar-refractivity contribution in [2.45, 2.75) is 52.4 Å². The predicted octanol–water partition coefficient (Wildman–Crippen LogP) is 5.84. The number of anilines is 1. The molecule has 0 bridgehead atoms. The van der Waals surface area contributed by atoms with E-state index in [2.05, 4.69) is 68.9 Å². The molecular formula is C23H28BrNO3. The van der Waals surface area contributed by atoms with Gasteiger partial charge < -0.3 is 10.1 Å². The summed E-state index contributed by atoms with van der Waals surface area (Å²) in [6.07, 6.45) is 0. The number of ether oxygens (including phenoxy) is 1. The lowest BCUT2D eigenvalue weighted by molar-refractivity contribution is -0.119. The zero-order chi connectivity index (χ0) is 21.1. The maximum atomic E-state index is 12.6. The Bertz CT molecular complexity index is 827. The molecule has 0 aromatic heterocycles. The second-order valence-electron chi connectivity index (χ2n) is 8.93. The number of amides is 1. The standard InChI is InChI=1S/C23H28BrNO3/c1-22(2,3)16-11-15(12-17(13-16)23(4,5)6)21(27)28-14-20(26)25-19-9-7-18(24)8-10-19/h7-13H,14H2,1-6H3,(H,25,26). The summed E-state index contributed by atoms with van der Waals surface area (Å²) >= 11 is 3.34. The molecule has 0 saturated carbocycles. The molecule has 5 heteroatoms. The van der Waals surface area contributed by atoms with Crippen LogP contribution < -0.4 is 5.32 Å². The zero-order valence-electron chi connectivity index (χ0n) is 17.4. The maximum Gasteiger partial charge on any atom is 0.338 e. The van der Waals surface area contributed by atoms with Gasteiger partial charge >= 0.3 is 5.97 Å². The summed E-state index contributed by atoms with van der Waals surface area (Å²) in [6.45, 7) is 12.3. The Morgan fingerprint density at radius 2 is 1.39 bits per heavy atom. The molecule has 0 aliphatic rings. The van der Waals surface area contributed by atoms with Crippen molar-refractivity contribution in [3.63, 3.8) is 0 Å². The number of hydrogen-bond donors (Lipinski definition) is 1. The van der Waals surface area contributed by atoms with Gasteiger partial charge in [-0.05, 0) is 58.4 Å². The second kappa shape index (κ2) is 8.48. The summed E-state index contributed by atoms with van der Waals surface area (Å²) in [7, 11) is 0. The molecular weight excluding hydrogens is 418 g/mol. The van der Waals surface area contributed by atoms with Crippen molar-refractivity contribution in [3.05, 3.63) is 63.6 Å². The van der Waals surface area contributed by atoms with Crippen molar-refractivity contribution in [1.82, 2.24) is 0 Å². The Balaban J connectivity index is 2.12. The van der Waals surface area contributed by atoms with Gasteiger partial charge in [-0.15, -0.1) is 0 Å². The lowest BCUT2D eigenvalue weighted by Gasteiger charge is -2.25. The number of halogens is 1. The summed E-state index contributed by atoms with van der Waals surface area (Å²) in [5, 5.41) is 2.71. The minimum absolute atomic E-state index is 0.102. The SMILES string of the molecule is CC(C)(C)c1cc(C(=O)OCC(=O)Nc2ccc(Br)cc2)cc(C(C)(C)C)c1. The summed E-state index contributed by atoms with van der Waals surface area (Å²) in [5.41, 5.74) is 3.03. The quantitative estimate of drug-likeness (QED) is 0.601. The summed E-state index contributed by atoms with van der Waals surface area (Å²) < 4.78 is 6.18. The highest BCUT2D eigenvalue weighted by Crippen LogP contribution is 2.30. The van der Waals surface area contributed by atoms with E-state index in [1.165, 1.54) is 0 Å². The highest BCUT2D eigenvalue weighted by Gasteiger charge is 2.23. The van der Waals surface area contributed by atoms with Gasteiger partial charge in [0.25, 0.3) is 5.91 Å². The molecule has 0 atom stereocenters. The van der Waals surface area contributed by atoms with Crippen molar-refractivity contribution in [3.8, 4) is 0 Å². The lowest BCUT2D eigenvalue weighted by Crippen LogP contribution is -2.22. The predicted molar refractivity (Wildman–Crippen MR) is 117 cm³/mol. The van der Waals surface area contributed by atoms with Crippen LogP contribution in [0.2, 0.25) is 0 Å². The van der Waals surface area contributed by atoms with Crippen LogP contribution in [0.15, 0.2) is 46.9 Å². The van der Waals surface area contributed by atoms with Crippen molar-refractivity contribution in [2.75, 3.05) is 11.9 Å². The maximum absolute atomic E-state index is 12.6. The molecule has 2 aromatic rings. The van der Waals surface area contributed by atoms with Crippen LogP contribution in [-0.4, -0.2) is 18.5 Å². The molecule has 2 rings (SSSR count). The molecule has 0 fully saturated rings. The highest BCUT2D eigenvalue weighted by atomic mass is 79.9. The van der Waals surface area contributed by atoms with Gasteiger partial charge in [0.05, 0.1) is 5.56 Å². The normalized spacial score (nSPS) is 11.8. The number of rotatable bonds is 4. The molecule has 1 amide bonds. The first-order valence-electron chi connectivity index (χ1n) is 9.25. The molecule has 1 N–H and O–H groups in total. The molecule has 0 saturated heterocycles. The van der Waals surface area contributed by atoms with Gasteiger partial charge in [0, 0.05) is 10.2 Å². The monoisotopic (exact) mass is 445 g/mol. The van der Waals surface area contributed by atoms with Gasteiger partial charge in [-0.2, -0.15) is 0 Å². The molecule has 0 aliphatic heterocycles. The van der Waals surface area contributed by atoms with Crippen molar-refractivity contribution in [1.29, 1.82) is 0 Å². The van der Waals surface area contributed by atoms with Gasteiger partial charge in [-0.25, -0.2) is 4.79 Å². The first-order valence-corrected chi connectivity index (χ1v) is 10.0. The third-order valence-corrected chi connectivity index (χ3v) is 4.89. The minimum Gasteiger partial charge on any atom is -0.452 e. The van der Waals surface area contributed by atoms with E-state index in [-0.39, 0.29) is 23.3 Å². The fourth-order valence-corrected chi connectivity index (χ4v) is 2.82. The summed E-state index contributed by atoms with van der Waals surface area (Å²) in [6, 6.07) is 13.0. The van der Waals surface area contributed by atoms with Gasteiger partial charge in [0.1, 0.15) is 0 Å². The average molecular weight is 446 g/mol. The Kier molecular flexibility index (Phi) is 6.71. The summed E-state index contributed by atoms with van der Waals surface area (Å²) in [4.78, 5) is 24.7. The van der Waals surface area contributed by atoms with Crippen molar-refractivity contribution in [2.24, 2.45) is 0 Å². The number of nitrogens with one attached hydrogen (secondary N) is 1. The van der Waals surface area contributed by atoms with Gasteiger partial charge in [-0.1, -0.05) is 63.5 Å². The number of hydrogen-bond acceptors (Lipinski definition) is 3. The molecule has 0 unspecified atom stereocenters. The molecule has 150 valence electrons. The highest BCUT2D eigenvalue weighted by molar-refractivity contribution is 9.10. The van der Waals surface area contributed by atoms with E-state index in [1.54, 1.807) is 12.1 Å². The van der Waals surface area contributed by atoms with E-state index in [0.717, 1.165) is 15.6 Å². The smallest absolute Gasteiger partial charge is 0.338 e. The van der Waals surface area contributed by atoms with Crippen LogP contribution in [0.5, 0.6) is 0 Å². The largest absolute Gasteiger partial charge is 0.452 e. The van der Waals surface area contributed by atoms with Crippen LogP contribution in [0.25, 0.3) is 0 Å². The zero-order valence-corrected chi connectivity index (χ0v) is 18.9. The molecule has 0 aliphatic carbocycles. The van der Waals surface area contributed by atoms with Crippen LogP contribution in [0.4, 0.5) is 5.69 Å². The van der Waals surface area contributed by atoms with E-state index >= 15 is 0 Å². The van der Waals surface area contributed by atoms with Gasteiger partial charge in [0.2, 0.25) is 0 Å². The molecule has 0 heterocycles. The van der Waals surface area contributed by atoms with Crippen LogP contribution in [0.3, 0.4) is 0 Å². The van der Waals surface area contributed by atoms with Crippen molar-refractivity contribution >= 4 is 33.5 Å². The first kappa shape index (κ1) is 22.2. The number of benzene rings is 2. The Morgan fingerprint density at radius 3 is 1.86 bits per heavy atom. The third-order valence-electron chi connectivity index (χ3n) is 4.36. The first-order chi connectivity index (χ1) is 12.9. The fraction of sp³-hybridized carbons (Fsp3) is 0.391. The second-order valence-corrected chi connectivity index (χ2v) is 9.85. The van der Waals surface area contributed by atoms with Crippen LogP contribution in [0.1, 0.15) is 63.0 Å². The molecule has 28 heavy (non-hydrogen) atoms. The topological polar surface area (TPSA) is 55.4 Å². The number of carbonyl (C=O) groups excluding carboxylic acids is 2. The molecule has 0 spiro atoms. The van der Waals surface area contributed by atoms with Crippen LogP contribution >= 0.6 is 15.9 Å². The molecule has 2 aromatic carbocycles. The third kappa shape index (κ3) is 6.20. The average Bonchev–Trinajstić information content (AvgIpc) is 2.59. The van der Waals surface area contributed by atoms with E-state index in [0.29, 0.717) is 11.3 Å². The van der Waals surface area contributed by atoms with E-state index in [1.807, 2.05) is 24.3 Å². The van der Waals surface area contributed by atoms with Crippen molar-refractivity contribution < 1.29 is 14.3 Å². The van der Waals surface area contributed by atoms with E-state index < -0.39 is 5.97 Å². The van der Waals surface area contributed by atoms with Crippen LogP contribution in [-0.2, 0) is 20.4 Å². The minimum atomic E-state index is -0.498.